The maximum Gasteiger partial charge on any atom is 0.273 e. The number of ether oxygens (including phenoxy) is 1. The minimum Gasteiger partial charge on any atom is -0.482 e. The van der Waals surface area contributed by atoms with E-state index < -0.39 is 4.92 Å². The standard InChI is InChI=1S/C12H14ClN3O4/c13-10-2-1-9(16(18)19)7-11(10)20-8-12(17)15-5-3-14-4-6-15/h1-2,7,14H,3-6,8H2. The molecule has 0 aliphatic carbocycles. The molecule has 0 radical (unpaired) electrons. The van der Waals surface area contributed by atoms with E-state index in [4.69, 9.17) is 16.3 Å². The van der Waals surface area contributed by atoms with Gasteiger partial charge in [-0.2, -0.15) is 0 Å². The summed E-state index contributed by atoms with van der Waals surface area (Å²) in [5.74, 6) is -0.0153. The monoisotopic (exact) mass is 299 g/mol. The van der Waals surface area contributed by atoms with Crippen molar-refractivity contribution in [3.63, 3.8) is 0 Å². The number of nitro groups is 1. The number of benzene rings is 1. The summed E-state index contributed by atoms with van der Waals surface area (Å²) in [6.07, 6.45) is 0. The molecule has 20 heavy (non-hydrogen) atoms. The van der Waals surface area contributed by atoms with E-state index in [-0.39, 0.29) is 29.0 Å². The molecule has 1 fully saturated rings. The van der Waals surface area contributed by atoms with E-state index in [9.17, 15) is 14.9 Å². The Morgan fingerprint density at radius 1 is 1.45 bits per heavy atom. The summed E-state index contributed by atoms with van der Waals surface area (Å²) in [6.45, 7) is 2.59. The minimum absolute atomic E-state index is 0.126. The van der Waals surface area contributed by atoms with Crippen LogP contribution in [0.15, 0.2) is 18.2 Å². The molecule has 0 aromatic heterocycles. The van der Waals surface area contributed by atoms with Gasteiger partial charge in [0.15, 0.2) is 6.61 Å². The molecule has 8 heteroatoms. The van der Waals surface area contributed by atoms with Crippen LogP contribution in [-0.2, 0) is 4.79 Å². The average molecular weight is 300 g/mol. The van der Waals surface area contributed by atoms with Gasteiger partial charge in [-0.15, -0.1) is 0 Å². The van der Waals surface area contributed by atoms with Gasteiger partial charge in [-0.25, -0.2) is 0 Å². The van der Waals surface area contributed by atoms with Crippen LogP contribution in [0.5, 0.6) is 5.75 Å². The summed E-state index contributed by atoms with van der Waals surface area (Å²) in [7, 11) is 0. The van der Waals surface area contributed by atoms with E-state index in [0.717, 1.165) is 13.1 Å². The summed E-state index contributed by atoms with van der Waals surface area (Å²) in [6, 6.07) is 3.88. The van der Waals surface area contributed by atoms with E-state index in [1.54, 1.807) is 4.90 Å². The second kappa shape index (κ2) is 6.53. The Labute approximate surface area is 120 Å². The third-order valence-corrected chi connectivity index (χ3v) is 3.26. The zero-order valence-corrected chi connectivity index (χ0v) is 11.4. The molecule has 0 bridgehead atoms. The van der Waals surface area contributed by atoms with Gasteiger partial charge < -0.3 is 15.0 Å². The van der Waals surface area contributed by atoms with Crippen molar-refractivity contribution < 1.29 is 14.5 Å². The first-order valence-corrected chi connectivity index (χ1v) is 6.51. The van der Waals surface area contributed by atoms with Crippen LogP contribution in [0.2, 0.25) is 5.02 Å². The molecule has 1 aliphatic heterocycles. The van der Waals surface area contributed by atoms with Crippen LogP contribution in [0.4, 0.5) is 5.69 Å². The molecule has 0 unspecified atom stereocenters. The first-order chi connectivity index (χ1) is 9.58. The van der Waals surface area contributed by atoms with Crippen LogP contribution in [0, 0.1) is 10.1 Å². The van der Waals surface area contributed by atoms with Crippen molar-refractivity contribution in [2.75, 3.05) is 32.8 Å². The second-order valence-electron chi connectivity index (χ2n) is 4.29. The van der Waals surface area contributed by atoms with Gasteiger partial charge in [0, 0.05) is 32.2 Å². The molecule has 0 saturated carbocycles. The highest BCUT2D eigenvalue weighted by molar-refractivity contribution is 6.32. The van der Waals surface area contributed by atoms with Gasteiger partial charge in [-0.3, -0.25) is 14.9 Å². The molecule has 1 aromatic carbocycles. The van der Waals surface area contributed by atoms with E-state index in [1.165, 1.54) is 18.2 Å². The molecule has 7 nitrogen and oxygen atoms in total. The summed E-state index contributed by atoms with van der Waals surface area (Å²) >= 11 is 5.89. The number of non-ortho nitro benzene ring substituents is 1. The normalized spacial score (nSPS) is 14.9. The van der Waals surface area contributed by atoms with Crippen molar-refractivity contribution in [1.29, 1.82) is 0 Å². The molecule has 1 aromatic rings. The number of halogens is 1. The SMILES string of the molecule is O=C(COc1cc([N+](=O)[O-])ccc1Cl)N1CCNCC1. The molecular formula is C12H14ClN3O4. The molecular weight excluding hydrogens is 286 g/mol. The number of carbonyl (C=O) groups excluding carboxylic acids is 1. The van der Waals surface area contributed by atoms with Crippen LogP contribution >= 0.6 is 11.6 Å². The van der Waals surface area contributed by atoms with Crippen LogP contribution in [0.25, 0.3) is 0 Å². The molecule has 1 aliphatic rings. The number of nitrogens with one attached hydrogen (secondary N) is 1. The minimum atomic E-state index is -0.540. The Hall–Kier alpha value is -1.86. The first kappa shape index (κ1) is 14.5. The fraction of sp³-hybridized carbons (Fsp3) is 0.417. The van der Waals surface area contributed by atoms with Gasteiger partial charge >= 0.3 is 0 Å². The molecule has 108 valence electrons. The third-order valence-electron chi connectivity index (χ3n) is 2.95. The Bertz CT molecular complexity index is 517. The predicted octanol–water partition coefficient (Wildman–Crippen LogP) is 1.06. The second-order valence-corrected chi connectivity index (χ2v) is 4.70. The van der Waals surface area contributed by atoms with Gasteiger partial charge in [0.05, 0.1) is 16.0 Å². The molecule has 1 amide bonds. The van der Waals surface area contributed by atoms with Crippen molar-refractivity contribution in [3.05, 3.63) is 33.3 Å². The highest BCUT2D eigenvalue weighted by atomic mass is 35.5. The lowest BCUT2D eigenvalue weighted by Gasteiger charge is -2.27. The summed E-state index contributed by atoms with van der Waals surface area (Å²) in [5, 5.41) is 14.1. The summed E-state index contributed by atoms with van der Waals surface area (Å²) in [5.41, 5.74) is -0.126. The number of nitro benzene ring substituents is 1. The van der Waals surface area contributed by atoms with E-state index in [1.807, 2.05) is 0 Å². The van der Waals surface area contributed by atoms with E-state index >= 15 is 0 Å². The lowest BCUT2D eigenvalue weighted by molar-refractivity contribution is -0.384. The number of nitrogens with zero attached hydrogens (tertiary/aromatic N) is 2. The van der Waals surface area contributed by atoms with Gasteiger partial charge in [-0.1, -0.05) is 11.6 Å². The highest BCUT2D eigenvalue weighted by Crippen LogP contribution is 2.28. The molecule has 2 rings (SSSR count). The number of hydrogen-bond donors (Lipinski definition) is 1. The van der Waals surface area contributed by atoms with Crippen molar-refractivity contribution in [3.8, 4) is 5.75 Å². The van der Waals surface area contributed by atoms with Gasteiger partial charge in [0.25, 0.3) is 11.6 Å². The maximum absolute atomic E-state index is 11.9. The topological polar surface area (TPSA) is 84.7 Å². The Morgan fingerprint density at radius 2 is 2.15 bits per heavy atom. The number of piperazine rings is 1. The van der Waals surface area contributed by atoms with E-state index in [2.05, 4.69) is 5.32 Å². The van der Waals surface area contributed by atoms with Crippen LogP contribution in [-0.4, -0.2) is 48.5 Å². The first-order valence-electron chi connectivity index (χ1n) is 6.13. The zero-order chi connectivity index (χ0) is 14.5. The van der Waals surface area contributed by atoms with Crippen molar-refractivity contribution in [2.24, 2.45) is 0 Å². The lowest BCUT2D eigenvalue weighted by Crippen LogP contribution is -2.47. The van der Waals surface area contributed by atoms with Crippen LogP contribution < -0.4 is 10.1 Å². The molecule has 1 saturated heterocycles. The number of amides is 1. The molecule has 0 spiro atoms. The van der Waals surface area contributed by atoms with Crippen molar-refractivity contribution in [2.45, 2.75) is 0 Å². The largest absolute Gasteiger partial charge is 0.482 e. The number of hydrogen-bond acceptors (Lipinski definition) is 5. The predicted molar refractivity (Wildman–Crippen MR) is 73.1 cm³/mol. The molecule has 0 atom stereocenters. The zero-order valence-electron chi connectivity index (χ0n) is 10.7. The Kier molecular flexibility index (Phi) is 4.75. The number of rotatable bonds is 4. The lowest BCUT2D eigenvalue weighted by atomic mass is 10.3. The Morgan fingerprint density at radius 3 is 2.80 bits per heavy atom. The molecule has 1 N–H and O–H groups in total. The maximum atomic E-state index is 11.9. The van der Waals surface area contributed by atoms with E-state index in [0.29, 0.717) is 13.1 Å². The third kappa shape index (κ3) is 3.58. The number of carbonyl (C=O) groups is 1. The fourth-order valence-electron chi connectivity index (χ4n) is 1.86. The van der Waals surface area contributed by atoms with Crippen LogP contribution in [0.1, 0.15) is 0 Å². The van der Waals surface area contributed by atoms with Gasteiger partial charge in [0.2, 0.25) is 0 Å². The average Bonchev–Trinajstić information content (AvgIpc) is 2.46. The van der Waals surface area contributed by atoms with Crippen molar-refractivity contribution in [1.82, 2.24) is 10.2 Å². The summed E-state index contributed by atoms with van der Waals surface area (Å²) < 4.78 is 5.29. The fourth-order valence-corrected chi connectivity index (χ4v) is 2.03. The van der Waals surface area contributed by atoms with Crippen molar-refractivity contribution >= 4 is 23.2 Å². The van der Waals surface area contributed by atoms with Gasteiger partial charge in [0.1, 0.15) is 5.75 Å². The smallest absolute Gasteiger partial charge is 0.273 e. The Balaban J connectivity index is 1.97. The van der Waals surface area contributed by atoms with Gasteiger partial charge in [-0.05, 0) is 6.07 Å². The highest BCUT2D eigenvalue weighted by Gasteiger charge is 2.18. The quantitative estimate of drug-likeness (QED) is 0.664. The van der Waals surface area contributed by atoms with Crippen LogP contribution in [0.3, 0.4) is 0 Å². The summed E-state index contributed by atoms with van der Waals surface area (Å²) in [4.78, 5) is 23.7. The molecule has 1 heterocycles.